The molecular formula is C14H15BrFN7O2. The second-order valence-corrected chi connectivity index (χ2v) is 6.30. The molecule has 4 N–H and O–H groups in total. The van der Waals surface area contributed by atoms with Gasteiger partial charge in [0, 0.05) is 13.1 Å². The molecule has 0 unspecified atom stereocenters. The Bertz CT molecular complexity index is 851. The van der Waals surface area contributed by atoms with Crippen molar-refractivity contribution in [3.63, 3.8) is 0 Å². The van der Waals surface area contributed by atoms with Gasteiger partial charge in [0.25, 0.3) is 5.91 Å². The second kappa shape index (κ2) is 7.13. The predicted octanol–water partition coefficient (Wildman–Crippen LogP) is 1.10. The number of halogens is 2. The lowest BCUT2D eigenvalue weighted by atomic mass is 10.1. The summed E-state index contributed by atoms with van der Waals surface area (Å²) in [5.74, 6) is -0.518. The molecule has 0 radical (unpaired) electrons. The molecule has 1 fully saturated rings. The summed E-state index contributed by atoms with van der Waals surface area (Å²) in [6, 6.07) is 0. The van der Waals surface area contributed by atoms with Crippen LogP contribution in [0, 0.1) is 0 Å². The molecule has 132 valence electrons. The topological polar surface area (TPSA) is 130 Å². The van der Waals surface area contributed by atoms with Crippen molar-refractivity contribution in [2.45, 2.75) is 19.0 Å². The highest BCUT2D eigenvalue weighted by Crippen LogP contribution is 2.26. The van der Waals surface area contributed by atoms with Crippen molar-refractivity contribution in [2.24, 2.45) is 0 Å². The van der Waals surface area contributed by atoms with Crippen LogP contribution in [0.2, 0.25) is 0 Å². The lowest BCUT2D eigenvalue weighted by molar-refractivity contribution is 0.102. The van der Waals surface area contributed by atoms with Gasteiger partial charge in [0.2, 0.25) is 0 Å². The molecule has 0 atom stereocenters. The minimum atomic E-state index is -0.846. The zero-order valence-electron chi connectivity index (χ0n) is 13.0. The quantitative estimate of drug-likeness (QED) is 0.688. The first kappa shape index (κ1) is 17.3. The van der Waals surface area contributed by atoms with Gasteiger partial charge in [0.15, 0.2) is 11.5 Å². The van der Waals surface area contributed by atoms with Gasteiger partial charge in [-0.25, -0.2) is 19.2 Å². The van der Waals surface area contributed by atoms with Crippen LogP contribution in [-0.4, -0.2) is 45.1 Å². The molecule has 25 heavy (non-hydrogen) atoms. The Morgan fingerprint density at radius 3 is 2.80 bits per heavy atom. The molecule has 1 aliphatic heterocycles. The minimum absolute atomic E-state index is 0.0445. The number of piperidine rings is 1. The number of nitrogen functional groups attached to an aromatic ring is 1. The normalized spacial score (nSPS) is 15.2. The Morgan fingerprint density at radius 2 is 2.08 bits per heavy atom. The number of H-pyrrole nitrogens is 1. The summed E-state index contributed by atoms with van der Waals surface area (Å²) in [5.41, 5.74) is 5.48. The lowest BCUT2D eigenvalue weighted by Gasteiger charge is -2.31. The van der Waals surface area contributed by atoms with Crippen LogP contribution in [-0.2, 0) is 0 Å². The third-order valence-corrected chi connectivity index (χ3v) is 4.16. The molecule has 1 amide bonds. The molecule has 0 bridgehead atoms. The number of hydrogen-bond acceptors (Lipinski definition) is 7. The highest BCUT2D eigenvalue weighted by Gasteiger charge is 2.23. The first-order valence-corrected chi connectivity index (χ1v) is 8.31. The van der Waals surface area contributed by atoms with E-state index in [0.717, 1.165) is 0 Å². The van der Waals surface area contributed by atoms with E-state index in [1.54, 1.807) is 0 Å². The van der Waals surface area contributed by atoms with Gasteiger partial charge in [-0.05, 0) is 28.8 Å². The van der Waals surface area contributed by atoms with Crippen LogP contribution in [0.1, 0.15) is 23.3 Å². The Hall–Kier alpha value is -2.56. The van der Waals surface area contributed by atoms with Gasteiger partial charge in [-0.2, -0.15) is 4.98 Å². The fourth-order valence-electron chi connectivity index (χ4n) is 2.53. The summed E-state index contributed by atoms with van der Waals surface area (Å²) >= 11 is 3.12. The molecule has 0 aromatic carbocycles. The first-order chi connectivity index (χ1) is 11.9. The number of aromatic amines is 1. The molecule has 9 nitrogen and oxygen atoms in total. The molecule has 0 saturated carbocycles. The van der Waals surface area contributed by atoms with Gasteiger partial charge in [-0.15, -0.1) is 0 Å². The maximum atomic E-state index is 13.3. The minimum Gasteiger partial charge on any atom is -0.382 e. The molecule has 2 aromatic heterocycles. The van der Waals surface area contributed by atoms with E-state index in [1.165, 1.54) is 12.4 Å². The van der Waals surface area contributed by atoms with Gasteiger partial charge in [-0.1, -0.05) is 0 Å². The maximum Gasteiger partial charge on any atom is 0.346 e. The predicted molar refractivity (Wildman–Crippen MR) is 93.3 cm³/mol. The van der Waals surface area contributed by atoms with E-state index in [4.69, 9.17) is 5.73 Å². The van der Waals surface area contributed by atoms with Gasteiger partial charge in [0.1, 0.15) is 16.6 Å². The number of carbonyl (C=O) groups excluding carboxylic acids is 1. The Kier molecular flexibility index (Phi) is 4.93. The van der Waals surface area contributed by atoms with Gasteiger partial charge in [0.05, 0.1) is 18.1 Å². The largest absolute Gasteiger partial charge is 0.382 e. The molecule has 0 aliphatic carbocycles. The fraction of sp³-hybridized carbons (Fsp3) is 0.357. The number of anilines is 3. The van der Waals surface area contributed by atoms with Crippen molar-refractivity contribution in [1.29, 1.82) is 0 Å². The summed E-state index contributed by atoms with van der Waals surface area (Å²) in [7, 11) is 0. The lowest BCUT2D eigenvalue weighted by Crippen LogP contribution is -2.36. The zero-order chi connectivity index (χ0) is 18.0. The third-order valence-electron chi connectivity index (χ3n) is 3.78. The van der Waals surface area contributed by atoms with Crippen molar-refractivity contribution in [3.05, 3.63) is 33.2 Å². The van der Waals surface area contributed by atoms with Crippen molar-refractivity contribution in [2.75, 3.05) is 29.0 Å². The molecule has 1 aliphatic rings. The molecular weight excluding hydrogens is 397 g/mol. The van der Waals surface area contributed by atoms with Crippen LogP contribution in [0.15, 0.2) is 21.8 Å². The van der Waals surface area contributed by atoms with Crippen molar-refractivity contribution >= 4 is 39.2 Å². The summed E-state index contributed by atoms with van der Waals surface area (Å²) in [6.07, 6.45) is 2.62. The molecule has 0 spiro atoms. The van der Waals surface area contributed by atoms with Crippen molar-refractivity contribution in [1.82, 2.24) is 19.9 Å². The number of rotatable bonds is 3. The second-order valence-electron chi connectivity index (χ2n) is 5.49. The highest BCUT2D eigenvalue weighted by atomic mass is 79.9. The number of nitrogens with one attached hydrogen (secondary N) is 2. The maximum absolute atomic E-state index is 13.3. The average Bonchev–Trinajstić information content (AvgIpc) is 2.58. The first-order valence-electron chi connectivity index (χ1n) is 7.51. The van der Waals surface area contributed by atoms with Gasteiger partial charge >= 0.3 is 5.69 Å². The van der Waals surface area contributed by atoms with Crippen LogP contribution in [0.4, 0.5) is 21.7 Å². The number of hydrogen-bond donors (Lipinski definition) is 3. The smallest absolute Gasteiger partial charge is 0.346 e. The zero-order valence-corrected chi connectivity index (χ0v) is 14.6. The SMILES string of the molecule is Nc1ncc(Br)nc1C(=O)Nc1[nH]c(=O)ncc1N1CCC(F)CC1. The van der Waals surface area contributed by atoms with Crippen LogP contribution in [0.25, 0.3) is 0 Å². The number of amides is 1. The monoisotopic (exact) mass is 411 g/mol. The summed E-state index contributed by atoms with van der Waals surface area (Å²) < 4.78 is 13.7. The van der Waals surface area contributed by atoms with Gasteiger partial charge in [-0.3, -0.25) is 9.78 Å². The molecule has 1 saturated heterocycles. The van der Waals surface area contributed by atoms with E-state index >= 15 is 0 Å². The van der Waals surface area contributed by atoms with Crippen LogP contribution < -0.4 is 21.6 Å². The van der Waals surface area contributed by atoms with E-state index in [-0.39, 0.29) is 17.3 Å². The van der Waals surface area contributed by atoms with Gasteiger partial charge < -0.3 is 16.0 Å². The van der Waals surface area contributed by atoms with E-state index in [2.05, 4.69) is 41.2 Å². The summed E-state index contributed by atoms with van der Waals surface area (Å²) in [6.45, 7) is 0.910. The molecule has 11 heteroatoms. The number of carbonyl (C=O) groups is 1. The van der Waals surface area contributed by atoms with Crippen LogP contribution >= 0.6 is 15.9 Å². The van der Waals surface area contributed by atoms with Crippen molar-refractivity contribution in [3.8, 4) is 0 Å². The van der Waals surface area contributed by atoms with E-state index < -0.39 is 17.8 Å². The number of aromatic nitrogens is 4. The average molecular weight is 412 g/mol. The van der Waals surface area contributed by atoms with Crippen LogP contribution in [0.3, 0.4) is 0 Å². The summed E-state index contributed by atoms with van der Waals surface area (Å²) in [5, 5.41) is 2.57. The standard InChI is InChI=1S/C14H15BrFN7O2/c15-9-6-18-11(17)10(20-9)13(24)21-12-8(5-19-14(25)22-12)23-3-1-7(16)2-4-23/h5-7H,1-4H2,(H2,17,18)(H2,19,21,22,24,25). The molecule has 3 heterocycles. The molecule has 3 rings (SSSR count). The van der Waals surface area contributed by atoms with E-state index in [0.29, 0.717) is 36.2 Å². The Morgan fingerprint density at radius 1 is 1.36 bits per heavy atom. The fourth-order valence-corrected chi connectivity index (χ4v) is 2.81. The van der Waals surface area contributed by atoms with Crippen LogP contribution in [0.5, 0.6) is 0 Å². The van der Waals surface area contributed by atoms with E-state index in [9.17, 15) is 14.0 Å². The summed E-state index contributed by atoms with van der Waals surface area (Å²) in [4.78, 5) is 39.9. The number of nitrogens with two attached hydrogens (primary N) is 1. The molecule has 2 aromatic rings. The Balaban J connectivity index is 1.89. The van der Waals surface area contributed by atoms with E-state index in [1.807, 2.05) is 4.90 Å². The third kappa shape index (κ3) is 3.92. The van der Waals surface area contributed by atoms with Crippen molar-refractivity contribution < 1.29 is 9.18 Å². The number of alkyl halides is 1. The number of nitrogens with zero attached hydrogens (tertiary/aromatic N) is 4. The Labute approximate surface area is 150 Å². The highest BCUT2D eigenvalue weighted by molar-refractivity contribution is 9.10.